The molecule has 0 amide bonds. The van der Waals surface area contributed by atoms with Gasteiger partial charge in [-0.2, -0.15) is 36.0 Å². The molecule has 112 valence electrons. The Morgan fingerprint density at radius 2 is 1.00 bits per heavy atom. The number of nitrogens with zero attached hydrogens (tertiary/aromatic N) is 3. The molecule has 0 saturated carbocycles. The minimum atomic E-state index is -7.32. The van der Waals surface area contributed by atoms with Crippen molar-refractivity contribution in [3.05, 3.63) is 0 Å². The lowest BCUT2D eigenvalue weighted by molar-refractivity contribution is -0.455. The molecular weight excluding hydrogens is 311 g/mol. The van der Waals surface area contributed by atoms with E-state index in [4.69, 9.17) is 5.26 Å². The Labute approximate surface area is 95.7 Å². The second-order valence-electron chi connectivity index (χ2n) is 2.90. The standard InChI is InChI=1S/C5F11N3/c6-3(7,4(8,9)5(10,11)12)2(1-17,18(13)14)19(15)16. The zero-order valence-corrected chi connectivity index (χ0v) is 8.00. The van der Waals surface area contributed by atoms with Gasteiger partial charge in [0.05, 0.1) is 10.7 Å². The fraction of sp³-hybridized carbons (Fsp3) is 0.800. The zero-order chi connectivity index (χ0) is 15.9. The summed E-state index contributed by atoms with van der Waals surface area (Å²) < 4.78 is 133. The molecule has 3 nitrogen and oxygen atoms in total. The summed E-state index contributed by atoms with van der Waals surface area (Å²) in [5.41, 5.74) is -6.12. The van der Waals surface area contributed by atoms with E-state index < -0.39 is 40.4 Å². The van der Waals surface area contributed by atoms with Gasteiger partial charge in [-0.05, 0) is 0 Å². The summed E-state index contributed by atoms with van der Waals surface area (Å²) >= 11 is 0. The van der Waals surface area contributed by atoms with Crippen LogP contribution in [0.1, 0.15) is 0 Å². The van der Waals surface area contributed by atoms with Crippen LogP contribution in [0.5, 0.6) is 0 Å². The SMILES string of the molecule is N#CC(N(F)F)(N(F)F)C(F)(F)C(F)(F)C(F)(F)F. The van der Waals surface area contributed by atoms with Crippen molar-refractivity contribution in [2.24, 2.45) is 0 Å². The molecule has 0 heterocycles. The predicted octanol–water partition coefficient (Wildman–Crippen LogP) is 3.18. The Balaban J connectivity index is 6.20. The molecule has 19 heavy (non-hydrogen) atoms. The highest BCUT2D eigenvalue weighted by atomic mass is 19.4. The van der Waals surface area contributed by atoms with Crippen LogP contribution in [0.25, 0.3) is 0 Å². The van der Waals surface area contributed by atoms with E-state index in [-0.39, 0.29) is 0 Å². The molecule has 0 atom stereocenters. The second kappa shape index (κ2) is 4.63. The summed E-state index contributed by atoms with van der Waals surface area (Å²) in [6.45, 7) is 0. The Kier molecular flexibility index (Phi) is 4.30. The maximum absolute atomic E-state index is 12.8. The highest BCUT2D eigenvalue weighted by molar-refractivity contribution is 5.16. The Morgan fingerprint density at radius 3 is 1.16 bits per heavy atom. The quantitative estimate of drug-likeness (QED) is 0.454. The first-order valence-corrected chi connectivity index (χ1v) is 3.67. The first-order valence-electron chi connectivity index (χ1n) is 3.67. The van der Waals surface area contributed by atoms with Crippen molar-refractivity contribution >= 4 is 0 Å². The van der Waals surface area contributed by atoms with Gasteiger partial charge in [0.2, 0.25) is 0 Å². The average molecular weight is 311 g/mol. The van der Waals surface area contributed by atoms with Crippen molar-refractivity contribution in [1.29, 1.82) is 5.26 Å². The van der Waals surface area contributed by atoms with Crippen LogP contribution in [-0.4, -0.2) is 34.4 Å². The summed E-state index contributed by atoms with van der Waals surface area (Å²) in [7, 11) is 0. The van der Waals surface area contributed by atoms with Gasteiger partial charge in [0.1, 0.15) is 6.07 Å². The molecule has 0 aromatic carbocycles. The van der Waals surface area contributed by atoms with Crippen molar-refractivity contribution < 1.29 is 48.7 Å². The molecular formula is C5F11N3. The van der Waals surface area contributed by atoms with Crippen molar-refractivity contribution in [3.63, 3.8) is 0 Å². The van der Waals surface area contributed by atoms with Gasteiger partial charge in [0.15, 0.2) is 0 Å². The highest BCUT2D eigenvalue weighted by Crippen LogP contribution is 2.54. The van der Waals surface area contributed by atoms with Gasteiger partial charge in [-0.25, -0.2) is 0 Å². The lowest BCUT2D eigenvalue weighted by atomic mass is 9.98. The van der Waals surface area contributed by atoms with Crippen molar-refractivity contribution in [2.45, 2.75) is 23.7 Å². The number of alkyl halides is 7. The van der Waals surface area contributed by atoms with E-state index >= 15 is 0 Å². The largest absolute Gasteiger partial charge is 0.460 e. The maximum atomic E-state index is 12.8. The van der Waals surface area contributed by atoms with Crippen LogP contribution in [-0.2, 0) is 0 Å². The predicted molar refractivity (Wildman–Crippen MR) is 32.4 cm³/mol. The minimum Gasteiger partial charge on any atom is -0.194 e. The third kappa shape index (κ3) is 2.16. The van der Waals surface area contributed by atoms with Crippen molar-refractivity contribution in [1.82, 2.24) is 10.7 Å². The van der Waals surface area contributed by atoms with Crippen molar-refractivity contribution in [3.8, 4) is 6.07 Å². The lowest BCUT2D eigenvalue weighted by Gasteiger charge is -2.37. The minimum absolute atomic E-state index is 0.645. The number of rotatable bonds is 4. The number of hydrogen-bond donors (Lipinski definition) is 0. The van der Waals surface area contributed by atoms with Crippen LogP contribution < -0.4 is 0 Å². The fourth-order valence-electron chi connectivity index (χ4n) is 0.812. The topological polar surface area (TPSA) is 30.3 Å². The Morgan fingerprint density at radius 1 is 0.684 bits per heavy atom. The Bertz CT molecular complexity index is 358. The van der Waals surface area contributed by atoms with E-state index in [1.807, 2.05) is 0 Å². The normalized spacial score (nSPS) is 14.9. The summed E-state index contributed by atoms with van der Waals surface area (Å²) in [5, 5.41) is 0.932. The lowest BCUT2D eigenvalue weighted by Crippen LogP contribution is -2.70. The van der Waals surface area contributed by atoms with E-state index in [0.29, 0.717) is 0 Å². The number of nitriles is 1. The van der Waals surface area contributed by atoms with Crippen molar-refractivity contribution in [2.75, 3.05) is 0 Å². The average Bonchev–Trinajstić information content (AvgIpc) is 2.15. The van der Waals surface area contributed by atoms with E-state index in [9.17, 15) is 48.7 Å². The Hall–Kier alpha value is -1.36. The number of halogens is 11. The van der Waals surface area contributed by atoms with Gasteiger partial charge < -0.3 is 0 Å². The molecule has 0 rings (SSSR count). The molecule has 14 heteroatoms. The molecule has 0 aromatic heterocycles. The zero-order valence-electron chi connectivity index (χ0n) is 8.00. The van der Waals surface area contributed by atoms with E-state index in [2.05, 4.69) is 0 Å². The first-order chi connectivity index (χ1) is 8.20. The van der Waals surface area contributed by atoms with Crippen LogP contribution in [0, 0.1) is 11.3 Å². The highest BCUT2D eigenvalue weighted by Gasteiger charge is 2.85. The van der Waals surface area contributed by atoms with Gasteiger partial charge in [-0.1, -0.05) is 17.9 Å². The molecule has 0 aliphatic carbocycles. The number of hydrogen-bond acceptors (Lipinski definition) is 3. The first kappa shape index (κ1) is 17.6. The smallest absolute Gasteiger partial charge is 0.194 e. The van der Waals surface area contributed by atoms with Crippen LogP contribution in [0.3, 0.4) is 0 Å². The molecule has 0 unspecified atom stereocenters. The van der Waals surface area contributed by atoms with Crippen LogP contribution >= 0.6 is 0 Å². The van der Waals surface area contributed by atoms with E-state index in [0.717, 1.165) is 0 Å². The van der Waals surface area contributed by atoms with Gasteiger partial charge in [-0.15, -0.1) is 0 Å². The second-order valence-corrected chi connectivity index (χ2v) is 2.90. The monoisotopic (exact) mass is 311 g/mol. The molecule has 0 saturated heterocycles. The van der Waals surface area contributed by atoms with Crippen LogP contribution in [0.2, 0.25) is 0 Å². The molecule has 0 spiro atoms. The molecule has 0 bridgehead atoms. The van der Waals surface area contributed by atoms with E-state index in [1.54, 1.807) is 0 Å². The van der Waals surface area contributed by atoms with Crippen LogP contribution in [0.15, 0.2) is 0 Å². The maximum Gasteiger partial charge on any atom is 0.460 e. The molecule has 0 N–H and O–H groups in total. The van der Waals surface area contributed by atoms with E-state index in [1.165, 1.54) is 0 Å². The molecule has 0 aliphatic heterocycles. The summed E-state index contributed by atoms with van der Waals surface area (Å²) in [6, 6.07) is -0.645. The third-order valence-electron chi connectivity index (χ3n) is 1.83. The molecule has 0 aromatic rings. The van der Waals surface area contributed by atoms with Gasteiger partial charge in [-0.3, -0.25) is 0 Å². The van der Waals surface area contributed by atoms with Crippen LogP contribution in [0.4, 0.5) is 48.7 Å². The summed E-state index contributed by atoms with van der Waals surface area (Å²) in [6.07, 6.45) is -7.15. The van der Waals surface area contributed by atoms with Gasteiger partial charge in [0.25, 0.3) is 0 Å². The van der Waals surface area contributed by atoms with Gasteiger partial charge >= 0.3 is 23.7 Å². The molecule has 0 aliphatic rings. The molecule has 0 radical (unpaired) electrons. The van der Waals surface area contributed by atoms with Gasteiger partial charge in [0, 0.05) is 0 Å². The summed E-state index contributed by atoms with van der Waals surface area (Å²) in [4.78, 5) is 0. The fourth-order valence-corrected chi connectivity index (χ4v) is 0.812. The third-order valence-corrected chi connectivity index (χ3v) is 1.83. The molecule has 0 fully saturated rings. The summed E-state index contributed by atoms with van der Waals surface area (Å²) in [5.74, 6) is -14.5.